The first-order chi connectivity index (χ1) is 8.18. The highest BCUT2D eigenvalue weighted by Crippen LogP contribution is 2.10. The summed E-state index contributed by atoms with van der Waals surface area (Å²) in [6, 6.07) is 0.365. The molecule has 0 aliphatic carbocycles. The van der Waals surface area contributed by atoms with Gasteiger partial charge in [-0.15, -0.1) is 24.0 Å². The van der Waals surface area contributed by atoms with Gasteiger partial charge in [-0.3, -0.25) is 9.20 Å². The monoisotopic (exact) mass is 403 g/mol. The molecule has 2 atom stereocenters. The molecular formula is C13H30IN3OS. The highest BCUT2D eigenvalue weighted by Gasteiger charge is 2.18. The number of nitrogens with one attached hydrogen (secondary N) is 2. The summed E-state index contributed by atoms with van der Waals surface area (Å²) >= 11 is 0. The van der Waals surface area contributed by atoms with E-state index in [1.807, 2.05) is 20.8 Å². The standard InChI is InChI=1S/C13H29N3OS.HI/c1-10(2)11(3)16-12(14-7)15-8-9-18(17)13(4,5)6;/h10-11H,8-9H2,1-7H3,(H2,14,15,16);1H. The first kappa shape index (κ1) is 21.4. The minimum atomic E-state index is -0.822. The van der Waals surface area contributed by atoms with Gasteiger partial charge in [0.15, 0.2) is 5.96 Å². The van der Waals surface area contributed by atoms with E-state index in [0.717, 1.165) is 5.96 Å². The minimum absolute atomic E-state index is 0. The van der Waals surface area contributed by atoms with Crippen molar-refractivity contribution < 1.29 is 4.21 Å². The number of aliphatic imine (C=N–C) groups is 1. The van der Waals surface area contributed by atoms with Gasteiger partial charge in [0.1, 0.15) is 0 Å². The molecule has 0 aromatic carbocycles. The van der Waals surface area contributed by atoms with Gasteiger partial charge in [0.25, 0.3) is 0 Å². The van der Waals surface area contributed by atoms with Gasteiger partial charge in [-0.2, -0.15) is 0 Å². The van der Waals surface area contributed by atoms with Crippen molar-refractivity contribution in [3.05, 3.63) is 0 Å². The Balaban J connectivity index is 0. The van der Waals surface area contributed by atoms with E-state index < -0.39 is 10.8 Å². The maximum absolute atomic E-state index is 11.9. The van der Waals surface area contributed by atoms with Crippen molar-refractivity contribution in [3.63, 3.8) is 0 Å². The molecule has 2 unspecified atom stereocenters. The van der Waals surface area contributed by atoms with Crippen LogP contribution >= 0.6 is 24.0 Å². The normalized spacial score (nSPS) is 15.7. The summed E-state index contributed by atoms with van der Waals surface area (Å²) in [5.74, 6) is 1.97. The van der Waals surface area contributed by atoms with Crippen molar-refractivity contribution in [2.75, 3.05) is 19.3 Å². The molecule has 116 valence electrons. The molecule has 0 aliphatic heterocycles. The highest BCUT2D eigenvalue weighted by molar-refractivity contribution is 14.0. The highest BCUT2D eigenvalue weighted by atomic mass is 127. The number of rotatable bonds is 5. The molecule has 0 aliphatic rings. The van der Waals surface area contributed by atoms with E-state index in [0.29, 0.717) is 24.3 Å². The van der Waals surface area contributed by atoms with E-state index in [-0.39, 0.29) is 28.7 Å². The summed E-state index contributed by atoms with van der Waals surface area (Å²) in [4.78, 5) is 4.16. The quantitative estimate of drug-likeness (QED) is 0.421. The Morgan fingerprint density at radius 2 is 1.79 bits per heavy atom. The molecule has 6 heteroatoms. The first-order valence-electron chi connectivity index (χ1n) is 6.54. The SMILES string of the molecule is CN=C(NCCS(=O)C(C)(C)C)NC(C)C(C)C.I. The Morgan fingerprint density at radius 3 is 2.16 bits per heavy atom. The molecule has 4 nitrogen and oxygen atoms in total. The lowest BCUT2D eigenvalue weighted by Crippen LogP contribution is -2.45. The van der Waals surface area contributed by atoms with Crippen LogP contribution < -0.4 is 10.6 Å². The maximum atomic E-state index is 11.9. The van der Waals surface area contributed by atoms with Gasteiger partial charge in [0.2, 0.25) is 0 Å². The van der Waals surface area contributed by atoms with Gasteiger partial charge in [0.05, 0.1) is 0 Å². The fourth-order valence-electron chi connectivity index (χ4n) is 1.15. The summed E-state index contributed by atoms with van der Waals surface area (Å²) in [7, 11) is 0.931. The number of halogens is 1. The van der Waals surface area contributed by atoms with Gasteiger partial charge < -0.3 is 10.6 Å². The molecular weight excluding hydrogens is 373 g/mol. The lowest BCUT2D eigenvalue weighted by atomic mass is 10.1. The lowest BCUT2D eigenvalue weighted by molar-refractivity contribution is 0.481. The molecule has 0 amide bonds. The van der Waals surface area contributed by atoms with Crippen molar-refractivity contribution in [1.82, 2.24) is 10.6 Å². The van der Waals surface area contributed by atoms with E-state index >= 15 is 0 Å². The molecule has 0 spiro atoms. The van der Waals surface area contributed by atoms with Crippen LogP contribution in [0.15, 0.2) is 4.99 Å². The average Bonchev–Trinajstić information content (AvgIpc) is 2.25. The Bertz CT molecular complexity index is 301. The molecule has 2 N–H and O–H groups in total. The molecule has 0 rings (SSSR count). The summed E-state index contributed by atoms with van der Waals surface area (Å²) < 4.78 is 11.7. The zero-order valence-electron chi connectivity index (χ0n) is 13.2. The summed E-state index contributed by atoms with van der Waals surface area (Å²) in [6.45, 7) is 13.1. The molecule has 0 aromatic rings. The van der Waals surface area contributed by atoms with Crippen molar-refractivity contribution in [2.24, 2.45) is 10.9 Å². The van der Waals surface area contributed by atoms with Crippen molar-refractivity contribution in [3.8, 4) is 0 Å². The predicted octanol–water partition coefficient (Wildman–Crippen LogP) is 2.36. The Kier molecular flexibility index (Phi) is 11.2. The zero-order valence-corrected chi connectivity index (χ0v) is 16.4. The maximum Gasteiger partial charge on any atom is 0.191 e. The van der Waals surface area contributed by atoms with Crippen LogP contribution in [0.1, 0.15) is 41.5 Å². The van der Waals surface area contributed by atoms with Gasteiger partial charge in [-0.05, 0) is 33.6 Å². The largest absolute Gasteiger partial charge is 0.355 e. The Hall–Kier alpha value is 0.150. The van der Waals surface area contributed by atoms with E-state index in [2.05, 4.69) is 36.4 Å². The van der Waals surface area contributed by atoms with Gasteiger partial charge in [0, 0.05) is 40.9 Å². The molecule has 0 aromatic heterocycles. The van der Waals surface area contributed by atoms with E-state index in [4.69, 9.17) is 0 Å². The van der Waals surface area contributed by atoms with Gasteiger partial charge in [-0.1, -0.05) is 13.8 Å². The van der Waals surface area contributed by atoms with Crippen LogP contribution in [0.2, 0.25) is 0 Å². The van der Waals surface area contributed by atoms with Crippen molar-refractivity contribution >= 4 is 40.7 Å². The predicted molar refractivity (Wildman–Crippen MR) is 97.0 cm³/mol. The second-order valence-corrected chi connectivity index (χ2v) is 8.16. The summed E-state index contributed by atoms with van der Waals surface area (Å²) in [6.07, 6.45) is 0. The lowest BCUT2D eigenvalue weighted by Gasteiger charge is -2.22. The van der Waals surface area contributed by atoms with Crippen LogP contribution in [-0.2, 0) is 10.8 Å². The van der Waals surface area contributed by atoms with Crippen molar-refractivity contribution in [2.45, 2.75) is 52.3 Å². The van der Waals surface area contributed by atoms with Crippen LogP contribution in [0.5, 0.6) is 0 Å². The molecule has 0 bridgehead atoms. The zero-order chi connectivity index (χ0) is 14.3. The molecule has 19 heavy (non-hydrogen) atoms. The summed E-state index contributed by atoms with van der Waals surface area (Å²) in [5, 5.41) is 6.52. The third-order valence-electron chi connectivity index (χ3n) is 2.85. The van der Waals surface area contributed by atoms with E-state index in [1.54, 1.807) is 7.05 Å². The number of hydrogen-bond acceptors (Lipinski definition) is 2. The third kappa shape index (κ3) is 9.65. The molecule has 0 heterocycles. The van der Waals surface area contributed by atoms with Crippen LogP contribution in [0.4, 0.5) is 0 Å². The minimum Gasteiger partial charge on any atom is -0.355 e. The van der Waals surface area contributed by atoms with Crippen LogP contribution in [-0.4, -0.2) is 40.3 Å². The Morgan fingerprint density at radius 1 is 1.26 bits per heavy atom. The fraction of sp³-hybridized carbons (Fsp3) is 0.923. The molecule has 0 saturated carbocycles. The topological polar surface area (TPSA) is 53.5 Å². The second kappa shape index (κ2) is 9.96. The number of nitrogens with zero attached hydrogens (tertiary/aromatic N) is 1. The smallest absolute Gasteiger partial charge is 0.191 e. The van der Waals surface area contributed by atoms with E-state index in [9.17, 15) is 4.21 Å². The van der Waals surface area contributed by atoms with E-state index in [1.165, 1.54) is 0 Å². The van der Waals surface area contributed by atoms with Crippen LogP contribution in [0, 0.1) is 5.92 Å². The van der Waals surface area contributed by atoms with Gasteiger partial charge in [-0.25, -0.2) is 0 Å². The molecule has 0 saturated heterocycles. The van der Waals surface area contributed by atoms with Crippen LogP contribution in [0.3, 0.4) is 0 Å². The number of guanidine groups is 1. The number of hydrogen-bond donors (Lipinski definition) is 2. The van der Waals surface area contributed by atoms with Crippen molar-refractivity contribution in [1.29, 1.82) is 0 Å². The fourth-order valence-corrected chi connectivity index (χ4v) is 2.05. The molecule has 0 fully saturated rings. The Labute approximate surface area is 138 Å². The molecule has 0 radical (unpaired) electrons. The second-order valence-electron chi connectivity index (χ2n) is 5.84. The van der Waals surface area contributed by atoms with Gasteiger partial charge >= 0.3 is 0 Å². The van der Waals surface area contributed by atoms with Crippen LogP contribution in [0.25, 0.3) is 0 Å². The first-order valence-corrected chi connectivity index (χ1v) is 7.86. The summed E-state index contributed by atoms with van der Waals surface area (Å²) in [5.41, 5.74) is 0. The third-order valence-corrected chi connectivity index (χ3v) is 4.79. The average molecular weight is 403 g/mol.